The summed E-state index contributed by atoms with van der Waals surface area (Å²) >= 11 is 0. The molecule has 1 atom stereocenters. The fourth-order valence-corrected chi connectivity index (χ4v) is 5.92. The molecule has 5 rings (SSSR count). The highest BCUT2D eigenvalue weighted by molar-refractivity contribution is 5.72. The fraction of sp³-hybridized carbons (Fsp3) is 0.630. The van der Waals surface area contributed by atoms with Crippen LogP contribution in [0.3, 0.4) is 0 Å². The predicted octanol–water partition coefficient (Wildman–Crippen LogP) is 3.49. The molecule has 0 spiro atoms. The maximum absolute atomic E-state index is 13.1. The van der Waals surface area contributed by atoms with Crippen molar-refractivity contribution in [3.8, 4) is 11.8 Å². The van der Waals surface area contributed by atoms with Crippen molar-refractivity contribution in [2.45, 2.75) is 70.4 Å². The van der Waals surface area contributed by atoms with Gasteiger partial charge in [0, 0.05) is 50.0 Å². The summed E-state index contributed by atoms with van der Waals surface area (Å²) in [6.07, 6.45) is 10.1. The van der Waals surface area contributed by atoms with Crippen LogP contribution in [0, 0.1) is 5.92 Å². The number of nitrogens with zero attached hydrogens (tertiary/aromatic N) is 4. The maximum atomic E-state index is 13.1. The third kappa shape index (κ3) is 5.42. The fourth-order valence-electron chi connectivity index (χ4n) is 5.92. The molecular formula is C27H38N4O4. The molecule has 0 radical (unpaired) electrons. The number of hydrogen-bond acceptors (Lipinski definition) is 7. The minimum atomic E-state index is -0.434. The van der Waals surface area contributed by atoms with Gasteiger partial charge in [0.2, 0.25) is 0 Å². The molecule has 0 amide bonds. The van der Waals surface area contributed by atoms with E-state index in [1.807, 2.05) is 24.4 Å². The summed E-state index contributed by atoms with van der Waals surface area (Å²) in [7, 11) is 0. The molecule has 1 saturated carbocycles. The van der Waals surface area contributed by atoms with E-state index in [9.17, 15) is 15.0 Å². The molecule has 190 valence electrons. The number of hydrogen-bond donors (Lipinski definition) is 2. The smallest absolute Gasteiger partial charge is 0.309 e. The first-order valence-electron chi connectivity index (χ1n) is 13.3. The average molecular weight is 483 g/mol. The Kier molecular flexibility index (Phi) is 7.46. The van der Waals surface area contributed by atoms with E-state index in [1.54, 1.807) is 4.57 Å². The second-order valence-electron chi connectivity index (χ2n) is 10.3. The number of pyridine rings is 1. The summed E-state index contributed by atoms with van der Waals surface area (Å²) < 4.78 is 7.67. The first-order chi connectivity index (χ1) is 17.1. The van der Waals surface area contributed by atoms with Crippen LogP contribution in [-0.4, -0.2) is 69.5 Å². The first-order valence-corrected chi connectivity index (χ1v) is 13.3. The van der Waals surface area contributed by atoms with Crippen LogP contribution >= 0.6 is 0 Å². The first kappa shape index (κ1) is 24.0. The molecule has 2 aromatic rings. The third-order valence-electron chi connectivity index (χ3n) is 7.93. The van der Waals surface area contributed by atoms with Gasteiger partial charge in [0.05, 0.1) is 12.5 Å². The summed E-state index contributed by atoms with van der Waals surface area (Å²) in [6.45, 7) is 4.24. The van der Waals surface area contributed by atoms with Crippen LogP contribution in [0.1, 0.15) is 56.1 Å². The third-order valence-corrected chi connectivity index (χ3v) is 7.93. The average Bonchev–Trinajstić information content (AvgIpc) is 3.15. The van der Waals surface area contributed by atoms with Crippen molar-refractivity contribution >= 4 is 11.8 Å². The molecule has 35 heavy (non-hydrogen) atoms. The largest absolute Gasteiger partial charge is 0.494 e. The Labute approximate surface area is 207 Å². The molecule has 2 aromatic heterocycles. The molecule has 1 saturated heterocycles. The standard InChI is InChI=1S/C27H38N4O4/c32-25-22-10-4-5-11-23(22)26(33)31(25)19-21(35-27(34)20-8-2-1-3-9-20)18-29-14-16-30(17-15-29)24-12-6-7-13-28-24/h6-7,12-13,20-21,32-33H,1-5,8-11,14-19H2. The second-order valence-corrected chi connectivity index (χ2v) is 10.3. The number of carbonyl (C=O) groups excluding carboxylic acids is 1. The minimum absolute atomic E-state index is 0.0349. The molecule has 2 fully saturated rings. The van der Waals surface area contributed by atoms with Crippen LogP contribution in [0.2, 0.25) is 0 Å². The van der Waals surface area contributed by atoms with Crippen molar-refractivity contribution in [1.82, 2.24) is 14.5 Å². The van der Waals surface area contributed by atoms with Gasteiger partial charge in [-0.1, -0.05) is 25.3 Å². The van der Waals surface area contributed by atoms with E-state index in [1.165, 1.54) is 6.42 Å². The Morgan fingerprint density at radius 1 is 0.943 bits per heavy atom. The van der Waals surface area contributed by atoms with Crippen molar-refractivity contribution in [1.29, 1.82) is 0 Å². The van der Waals surface area contributed by atoms with E-state index in [0.717, 1.165) is 94.5 Å². The van der Waals surface area contributed by atoms with Gasteiger partial charge in [-0.25, -0.2) is 4.98 Å². The van der Waals surface area contributed by atoms with E-state index in [2.05, 4.69) is 14.8 Å². The Balaban J connectivity index is 1.28. The molecule has 8 heteroatoms. The van der Waals surface area contributed by atoms with E-state index < -0.39 is 6.10 Å². The van der Waals surface area contributed by atoms with Gasteiger partial charge in [-0.2, -0.15) is 0 Å². The SMILES string of the molecule is O=C(OC(CN1CCN(c2ccccn2)CC1)Cn1c(O)c2c(c1O)CCCC2)C1CCCCC1. The van der Waals surface area contributed by atoms with Gasteiger partial charge in [0.1, 0.15) is 11.9 Å². The van der Waals surface area contributed by atoms with E-state index in [0.29, 0.717) is 6.54 Å². The Morgan fingerprint density at radius 3 is 2.26 bits per heavy atom. The molecule has 1 aliphatic heterocycles. The highest BCUT2D eigenvalue weighted by Gasteiger charge is 2.31. The lowest BCUT2D eigenvalue weighted by atomic mass is 9.89. The zero-order valence-electron chi connectivity index (χ0n) is 20.6. The summed E-state index contributed by atoms with van der Waals surface area (Å²) in [5, 5.41) is 21.8. The number of rotatable bonds is 7. The number of ether oxygens (including phenoxy) is 1. The van der Waals surface area contributed by atoms with Crippen molar-refractivity contribution in [2.75, 3.05) is 37.6 Å². The summed E-state index contributed by atoms with van der Waals surface area (Å²) in [6, 6.07) is 5.96. The number of anilines is 1. The lowest BCUT2D eigenvalue weighted by molar-refractivity contribution is -0.157. The van der Waals surface area contributed by atoms with Gasteiger partial charge in [0.25, 0.3) is 0 Å². The molecule has 0 aromatic carbocycles. The number of aromatic nitrogens is 2. The lowest BCUT2D eigenvalue weighted by Gasteiger charge is -2.37. The Bertz CT molecular complexity index is 965. The van der Waals surface area contributed by atoms with Crippen molar-refractivity contribution < 1.29 is 19.7 Å². The zero-order valence-corrected chi connectivity index (χ0v) is 20.6. The number of esters is 1. The number of piperazine rings is 1. The molecule has 3 heterocycles. The molecule has 0 bridgehead atoms. The lowest BCUT2D eigenvalue weighted by Crippen LogP contribution is -2.50. The van der Waals surface area contributed by atoms with E-state index >= 15 is 0 Å². The predicted molar refractivity (Wildman–Crippen MR) is 134 cm³/mol. The van der Waals surface area contributed by atoms with Crippen LogP contribution in [0.15, 0.2) is 24.4 Å². The van der Waals surface area contributed by atoms with Gasteiger partial charge >= 0.3 is 5.97 Å². The topological polar surface area (TPSA) is 91.1 Å². The summed E-state index contributed by atoms with van der Waals surface area (Å²) in [5.74, 6) is 1.09. The molecular weight excluding hydrogens is 444 g/mol. The molecule has 2 N–H and O–H groups in total. The van der Waals surface area contributed by atoms with Gasteiger partial charge in [0.15, 0.2) is 11.8 Å². The van der Waals surface area contributed by atoms with Crippen LogP contribution in [-0.2, 0) is 28.9 Å². The monoisotopic (exact) mass is 482 g/mol. The number of carbonyl (C=O) groups is 1. The molecule has 2 aliphatic carbocycles. The second kappa shape index (κ2) is 10.9. The van der Waals surface area contributed by atoms with Gasteiger partial charge in [-0.3, -0.25) is 14.3 Å². The number of fused-ring (bicyclic) bond motifs is 1. The van der Waals surface area contributed by atoms with Gasteiger partial charge < -0.3 is 19.8 Å². The number of aromatic hydroxyl groups is 2. The highest BCUT2D eigenvalue weighted by atomic mass is 16.5. The van der Waals surface area contributed by atoms with Gasteiger partial charge in [-0.15, -0.1) is 0 Å². The van der Waals surface area contributed by atoms with Gasteiger partial charge in [-0.05, 0) is 50.7 Å². The summed E-state index contributed by atoms with van der Waals surface area (Å²) in [4.78, 5) is 22.1. The molecule has 3 aliphatic rings. The quantitative estimate of drug-likeness (QED) is 0.584. The minimum Gasteiger partial charge on any atom is -0.494 e. The Morgan fingerprint density at radius 2 is 1.63 bits per heavy atom. The van der Waals surface area contributed by atoms with Crippen LogP contribution < -0.4 is 4.90 Å². The van der Waals surface area contributed by atoms with Crippen LogP contribution in [0.25, 0.3) is 0 Å². The van der Waals surface area contributed by atoms with Crippen molar-refractivity contribution in [3.63, 3.8) is 0 Å². The Hall–Kier alpha value is -2.74. The van der Waals surface area contributed by atoms with Crippen molar-refractivity contribution in [2.24, 2.45) is 5.92 Å². The van der Waals surface area contributed by atoms with E-state index in [4.69, 9.17) is 4.74 Å². The van der Waals surface area contributed by atoms with Crippen LogP contribution in [0.4, 0.5) is 5.82 Å². The van der Waals surface area contributed by atoms with Crippen LogP contribution in [0.5, 0.6) is 11.8 Å². The molecule has 8 nitrogen and oxygen atoms in total. The normalized spacial score (nSPS) is 20.4. The highest BCUT2D eigenvalue weighted by Crippen LogP contribution is 2.39. The van der Waals surface area contributed by atoms with E-state index in [-0.39, 0.29) is 30.2 Å². The summed E-state index contributed by atoms with van der Waals surface area (Å²) in [5.41, 5.74) is 1.71. The zero-order chi connectivity index (χ0) is 24.2. The van der Waals surface area contributed by atoms with Crippen molar-refractivity contribution in [3.05, 3.63) is 35.5 Å². The molecule has 1 unspecified atom stereocenters. The maximum Gasteiger partial charge on any atom is 0.309 e.